The molecule has 1 saturated heterocycles. The third-order valence-corrected chi connectivity index (χ3v) is 1.82. The monoisotopic (exact) mass is 203 g/mol. The maximum absolute atomic E-state index is 11.1. The second-order valence-corrected chi connectivity index (χ2v) is 3.05. The number of rotatable bonds is 5. The molecule has 2 N–H and O–H groups in total. The van der Waals surface area contributed by atoms with Crippen LogP contribution < -0.4 is 5.48 Å². The fraction of sp³-hybridized carbons (Fsp3) is 0.750. The second kappa shape index (κ2) is 5.56. The first kappa shape index (κ1) is 10.9. The Morgan fingerprint density at radius 3 is 2.93 bits per heavy atom. The van der Waals surface area contributed by atoms with Gasteiger partial charge in [0.25, 0.3) is 0 Å². The molecule has 0 aliphatic carbocycles. The zero-order valence-electron chi connectivity index (χ0n) is 7.69. The summed E-state index contributed by atoms with van der Waals surface area (Å²) in [7, 11) is 0. The van der Waals surface area contributed by atoms with Crippen LogP contribution >= 0.6 is 0 Å². The van der Waals surface area contributed by atoms with Gasteiger partial charge in [0.15, 0.2) is 6.61 Å². The van der Waals surface area contributed by atoms with E-state index in [1.807, 2.05) is 5.48 Å². The minimum Gasteiger partial charge on any atom is -0.479 e. The molecule has 1 aliphatic heterocycles. The molecule has 1 fully saturated rings. The van der Waals surface area contributed by atoms with Crippen LogP contribution in [-0.2, 0) is 19.2 Å². The molecule has 1 heterocycles. The summed E-state index contributed by atoms with van der Waals surface area (Å²) in [6, 6.07) is 0. The van der Waals surface area contributed by atoms with Crippen molar-refractivity contribution in [1.82, 2.24) is 5.48 Å². The Kier molecular flexibility index (Phi) is 4.34. The van der Waals surface area contributed by atoms with E-state index in [9.17, 15) is 9.59 Å². The Hall–Kier alpha value is -1.14. The number of amides is 1. The molecule has 0 spiro atoms. The van der Waals surface area contributed by atoms with Crippen molar-refractivity contribution in [2.75, 3.05) is 13.2 Å². The highest BCUT2D eigenvalue weighted by molar-refractivity contribution is 5.75. The molecule has 0 aromatic rings. The number of carbonyl (C=O) groups is 2. The van der Waals surface area contributed by atoms with Crippen LogP contribution in [0.1, 0.15) is 19.3 Å². The van der Waals surface area contributed by atoms with E-state index in [1.54, 1.807) is 0 Å². The van der Waals surface area contributed by atoms with Crippen LogP contribution in [0.2, 0.25) is 0 Å². The lowest BCUT2D eigenvalue weighted by Gasteiger charge is -2.08. The van der Waals surface area contributed by atoms with Crippen molar-refractivity contribution in [3.8, 4) is 0 Å². The topological polar surface area (TPSA) is 84.9 Å². The number of aliphatic carboxylic acids is 1. The van der Waals surface area contributed by atoms with Gasteiger partial charge in [-0.2, -0.15) is 0 Å². The SMILES string of the molecule is O=C(O)CONC(=O)CC1CCCO1. The minimum atomic E-state index is -1.12. The van der Waals surface area contributed by atoms with Gasteiger partial charge in [0.2, 0.25) is 5.91 Å². The van der Waals surface area contributed by atoms with Crippen molar-refractivity contribution in [2.45, 2.75) is 25.4 Å². The number of carboxylic acid groups (broad SMARTS) is 1. The van der Waals surface area contributed by atoms with E-state index >= 15 is 0 Å². The molecule has 0 aromatic heterocycles. The predicted molar refractivity (Wildman–Crippen MR) is 45.3 cm³/mol. The van der Waals surface area contributed by atoms with Crippen LogP contribution in [0.25, 0.3) is 0 Å². The summed E-state index contributed by atoms with van der Waals surface area (Å²) in [6.45, 7) is 0.158. The van der Waals surface area contributed by atoms with Crippen molar-refractivity contribution >= 4 is 11.9 Å². The molecule has 0 aromatic carbocycles. The van der Waals surface area contributed by atoms with Gasteiger partial charge in [-0.15, -0.1) is 0 Å². The number of carbonyl (C=O) groups excluding carboxylic acids is 1. The van der Waals surface area contributed by atoms with Crippen LogP contribution in [0.15, 0.2) is 0 Å². The number of hydroxylamine groups is 1. The molecule has 1 aliphatic rings. The summed E-state index contributed by atoms with van der Waals surface area (Å²) < 4.78 is 5.22. The molecule has 1 amide bonds. The first-order chi connectivity index (χ1) is 6.68. The first-order valence-electron chi connectivity index (χ1n) is 4.42. The van der Waals surface area contributed by atoms with E-state index in [0.29, 0.717) is 6.61 Å². The molecule has 1 rings (SSSR count). The highest BCUT2D eigenvalue weighted by Crippen LogP contribution is 2.14. The van der Waals surface area contributed by atoms with Gasteiger partial charge in [0, 0.05) is 6.61 Å². The molecule has 1 atom stereocenters. The first-order valence-corrected chi connectivity index (χ1v) is 4.42. The smallest absolute Gasteiger partial charge is 0.332 e. The fourth-order valence-corrected chi connectivity index (χ4v) is 1.23. The zero-order chi connectivity index (χ0) is 10.4. The zero-order valence-corrected chi connectivity index (χ0v) is 7.69. The van der Waals surface area contributed by atoms with Gasteiger partial charge in [-0.3, -0.25) is 9.63 Å². The van der Waals surface area contributed by atoms with E-state index in [4.69, 9.17) is 9.84 Å². The van der Waals surface area contributed by atoms with Gasteiger partial charge in [0.05, 0.1) is 12.5 Å². The molecular weight excluding hydrogens is 190 g/mol. The molecular formula is C8H13NO5. The molecule has 14 heavy (non-hydrogen) atoms. The third-order valence-electron chi connectivity index (χ3n) is 1.82. The van der Waals surface area contributed by atoms with Crippen molar-refractivity contribution in [3.63, 3.8) is 0 Å². The molecule has 0 bridgehead atoms. The van der Waals surface area contributed by atoms with Gasteiger partial charge in [0.1, 0.15) is 0 Å². The highest BCUT2D eigenvalue weighted by atomic mass is 16.7. The van der Waals surface area contributed by atoms with Crippen LogP contribution in [0.4, 0.5) is 0 Å². The van der Waals surface area contributed by atoms with Gasteiger partial charge >= 0.3 is 5.97 Å². The van der Waals surface area contributed by atoms with Crippen molar-refractivity contribution in [1.29, 1.82) is 0 Å². The van der Waals surface area contributed by atoms with Crippen LogP contribution in [-0.4, -0.2) is 36.3 Å². The largest absolute Gasteiger partial charge is 0.479 e. The number of hydrogen-bond acceptors (Lipinski definition) is 4. The Labute approximate surface area is 81.1 Å². The lowest BCUT2D eigenvalue weighted by molar-refractivity contribution is -0.149. The van der Waals surface area contributed by atoms with Crippen LogP contribution in [0.5, 0.6) is 0 Å². The lowest BCUT2D eigenvalue weighted by Crippen LogP contribution is -2.29. The van der Waals surface area contributed by atoms with Crippen molar-refractivity contribution in [2.24, 2.45) is 0 Å². The highest BCUT2D eigenvalue weighted by Gasteiger charge is 2.19. The molecule has 6 heteroatoms. The minimum absolute atomic E-state index is 0.0524. The Balaban J connectivity index is 2.06. The normalized spacial score (nSPS) is 20.7. The molecule has 1 unspecified atom stereocenters. The van der Waals surface area contributed by atoms with E-state index in [-0.39, 0.29) is 18.4 Å². The van der Waals surface area contributed by atoms with E-state index in [2.05, 4.69) is 4.84 Å². The summed E-state index contributed by atoms with van der Waals surface area (Å²) >= 11 is 0. The van der Waals surface area contributed by atoms with Gasteiger partial charge in [-0.1, -0.05) is 0 Å². The predicted octanol–water partition coefficient (Wildman–Crippen LogP) is -0.312. The number of hydrogen-bond donors (Lipinski definition) is 2. The van der Waals surface area contributed by atoms with Crippen LogP contribution in [0, 0.1) is 0 Å². The van der Waals surface area contributed by atoms with Crippen molar-refractivity contribution < 1.29 is 24.3 Å². The molecule has 0 saturated carbocycles. The molecule has 6 nitrogen and oxygen atoms in total. The standard InChI is InChI=1S/C8H13NO5/c10-7(9-14-5-8(11)12)4-6-2-1-3-13-6/h6H,1-5H2,(H,9,10)(H,11,12). The Morgan fingerprint density at radius 2 is 2.36 bits per heavy atom. The number of carboxylic acids is 1. The van der Waals surface area contributed by atoms with E-state index in [1.165, 1.54) is 0 Å². The Bertz CT molecular complexity index is 212. The maximum atomic E-state index is 11.1. The molecule has 80 valence electrons. The lowest BCUT2D eigenvalue weighted by atomic mass is 10.2. The van der Waals surface area contributed by atoms with E-state index < -0.39 is 12.6 Å². The van der Waals surface area contributed by atoms with Gasteiger partial charge < -0.3 is 9.84 Å². The van der Waals surface area contributed by atoms with E-state index in [0.717, 1.165) is 12.8 Å². The Morgan fingerprint density at radius 1 is 1.57 bits per heavy atom. The van der Waals surface area contributed by atoms with Crippen LogP contribution in [0.3, 0.4) is 0 Å². The summed E-state index contributed by atoms with van der Waals surface area (Å²) in [5.74, 6) is -1.47. The van der Waals surface area contributed by atoms with Crippen molar-refractivity contribution in [3.05, 3.63) is 0 Å². The van der Waals surface area contributed by atoms with Gasteiger partial charge in [-0.25, -0.2) is 10.3 Å². The summed E-state index contributed by atoms with van der Waals surface area (Å²) in [5, 5.41) is 8.21. The summed E-state index contributed by atoms with van der Waals surface area (Å²) in [6.07, 6.45) is 2.00. The second-order valence-electron chi connectivity index (χ2n) is 3.05. The quantitative estimate of drug-likeness (QED) is 0.598. The fourth-order valence-electron chi connectivity index (χ4n) is 1.23. The maximum Gasteiger partial charge on any atom is 0.332 e. The average Bonchev–Trinajstić information content (AvgIpc) is 2.56. The number of ether oxygens (including phenoxy) is 1. The van der Waals surface area contributed by atoms with Gasteiger partial charge in [-0.05, 0) is 12.8 Å². The molecule has 0 radical (unpaired) electrons. The average molecular weight is 203 g/mol. The number of nitrogens with one attached hydrogen (secondary N) is 1. The summed E-state index contributed by atoms with van der Waals surface area (Å²) in [4.78, 5) is 25.5. The summed E-state index contributed by atoms with van der Waals surface area (Å²) in [5.41, 5.74) is 2.04. The third kappa shape index (κ3) is 4.20.